The molecule has 0 radical (unpaired) electrons. The van der Waals surface area contributed by atoms with Crippen LogP contribution in [-0.2, 0) is 19.9 Å². The SMILES string of the molecule is CCS(=O)(=O)c1cccnc1-c1nc2cc(S(N)(=O)=O)ccc2o1. The van der Waals surface area contributed by atoms with Gasteiger partial charge in [-0.1, -0.05) is 6.92 Å². The number of hydrogen-bond donors (Lipinski definition) is 1. The van der Waals surface area contributed by atoms with Crippen molar-refractivity contribution in [2.75, 3.05) is 5.75 Å². The monoisotopic (exact) mass is 367 g/mol. The molecule has 3 rings (SSSR count). The highest BCUT2D eigenvalue weighted by Crippen LogP contribution is 2.29. The lowest BCUT2D eigenvalue weighted by molar-refractivity contribution is 0.591. The van der Waals surface area contributed by atoms with Crippen molar-refractivity contribution in [3.63, 3.8) is 0 Å². The molecule has 0 aliphatic heterocycles. The molecule has 0 atom stereocenters. The Labute approximate surface area is 138 Å². The van der Waals surface area contributed by atoms with Gasteiger partial charge >= 0.3 is 0 Å². The number of fused-ring (bicyclic) bond motifs is 1. The first-order chi connectivity index (χ1) is 11.2. The van der Waals surface area contributed by atoms with Crippen LogP contribution < -0.4 is 5.14 Å². The molecule has 24 heavy (non-hydrogen) atoms. The summed E-state index contributed by atoms with van der Waals surface area (Å²) >= 11 is 0. The number of nitrogens with zero attached hydrogens (tertiary/aromatic N) is 2. The quantitative estimate of drug-likeness (QED) is 0.735. The van der Waals surface area contributed by atoms with Crippen LogP contribution in [0.5, 0.6) is 0 Å². The second-order valence-corrected chi connectivity index (χ2v) is 8.76. The highest BCUT2D eigenvalue weighted by molar-refractivity contribution is 7.91. The van der Waals surface area contributed by atoms with E-state index in [0.29, 0.717) is 5.58 Å². The molecule has 0 bridgehead atoms. The molecule has 126 valence electrons. The second-order valence-electron chi connectivity index (χ2n) is 4.95. The third kappa shape index (κ3) is 2.90. The molecule has 0 saturated carbocycles. The summed E-state index contributed by atoms with van der Waals surface area (Å²) in [5, 5.41) is 5.09. The van der Waals surface area contributed by atoms with E-state index in [1.807, 2.05) is 0 Å². The van der Waals surface area contributed by atoms with Gasteiger partial charge in [-0.3, -0.25) is 0 Å². The van der Waals surface area contributed by atoms with Gasteiger partial charge in [-0.15, -0.1) is 0 Å². The van der Waals surface area contributed by atoms with E-state index in [0.717, 1.165) is 0 Å². The van der Waals surface area contributed by atoms with Crippen molar-refractivity contribution in [2.24, 2.45) is 5.14 Å². The van der Waals surface area contributed by atoms with Gasteiger partial charge in [0.05, 0.1) is 15.5 Å². The zero-order valence-electron chi connectivity index (χ0n) is 12.5. The summed E-state index contributed by atoms with van der Waals surface area (Å²) in [6, 6.07) is 6.88. The minimum atomic E-state index is -3.88. The number of sulfone groups is 1. The lowest BCUT2D eigenvalue weighted by Gasteiger charge is -2.04. The summed E-state index contributed by atoms with van der Waals surface area (Å²) in [4.78, 5) is 8.09. The van der Waals surface area contributed by atoms with Crippen LogP contribution in [0.2, 0.25) is 0 Å². The van der Waals surface area contributed by atoms with E-state index in [1.165, 1.54) is 43.5 Å². The second kappa shape index (κ2) is 5.65. The molecule has 0 unspecified atom stereocenters. The fourth-order valence-corrected chi connectivity index (χ4v) is 3.71. The Kier molecular flexibility index (Phi) is 3.90. The number of pyridine rings is 1. The van der Waals surface area contributed by atoms with E-state index in [1.54, 1.807) is 0 Å². The van der Waals surface area contributed by atoms with Gasteiger partial charge in [0.1, 0.15) is 11.2 Å². The maximum atomic E-state index is 12.2. The van der Waals surface area contributed by atoms with Crippen LogP contribution in [0.4, 0.5) is 0 Å². The Balaban J connectivity index is 2.22. The molecule has 3 aromatic rings. The normalized spacial score (nSPS) is 12.6. The Morgan fingerprint density at radius 3 is 2.58 bits per heavy atom. The van der Waals surface area contributed by atoms with Gasteiger partial charge in [0.2, 0.25) is 15.9 Å². The maximum absolute atomic E-state index is 12.2. The average molecular weight is 367 g/mol. The fraction of sp³-hybridized carbons (Fsp3) is 0.143. The summed E-state index contributed by atoms with van der Waals surface area (Å²) in [6.45, 7) is 1.52. The highest BCUT2D eigenvalue weighted by atomic mass is 32.2. The molecule has 8 nitrogen and oxygen atoms in total. The first kappa shape index (κ1) is 16.6. The van der Waals surface area contributed by atoms with Crippen LogP contribution in [0.15, 0.2) is 50.7 Å². The minimum Gasteiger partial charge on any atom is -0.435 e. The third-order valence-electron chi connectivity index (χ3n) is 3.38. The minimum absolute atomic E-state index is 0.00530. The van der Waals surface area contributed by atoms with Crippen LogP contribution >= 0.6 is 0 Å². The zero-order chi connectivity index (χ0) is 17.5. The number of rotatable bonds is 4. The van der Waals surface area contributed by atoms with Crippen molar-refractivity contribution >= 4 is 31.0 Å². The fourth-order valence-electron chi connectivity index (χ4n) is 2.14. The van der Waals surface area contributed by atoms with Crippen LogP contribution in [-0.4, -0.2) is 32.6 Å². The van der Waals surface area contributed by atoms with E-state index in [2.05, 4.69) is 9.97 Å². The number of primary sulfonamides is 1. The van der Waals surface area contributed by atoms with E-state index in [4.69, 9.17) is 9.56 Å². The van der Waals surface area contributed by atoms with Gasteiger partial charge in [0, 0.05) is 6.20 Å². The predicted molar refractivity (Wildman–Crippen MR) is 86.3 cm³/mol. The molecule has 2 N–H and O–H groups in total. The van der Waals surface area contributed by atoms with Gasteiger partial charge < -0.3 is 4.42 Å². The van der Waals surface area contributed by atoms with Crippen LogP contribution in [0.25, 0.3) is 22.7 Å². The summed E-state index contributed by atoms with van der Waals surface area (Å²) in [7, 11) is -7.40. The van der Waals surface area contributed by atoms with Gasteiger partial charge in [0.15, 0.2) is 15.4 Å². The largest absolute Gasteiger partial charge is 0.435 e. The molecule has 0 spiro atoms. The lowest BCUT2D eigenvalue weighted by atomic mass is 10.3. The summed E-state index contributed by atoms with van der Waals surface area (Å²) in [6.07, 6.45) is 1.43. The highest BCUT2D eigenvalue weighted by Gasteiger charge is 2.22. The summed E-state index contributed by atoms with van der Waals surface area (Å²) in [5.74, 6) is -0.106. The van der Waals surface area contributed by atoms with Gasteiger partial charge in [-0.25, -0.2) is 31.9 Å². The molecule has 0 aliphatic rings. The molecule has 0 fully saturated rings. The predicted octanol–water partition coefficient (Wildman–Crippen LogP) is 1.33. The first-order valence-electron chi connectivity index (χ1n) is 6.84. The molecule has 0 aliphatic carbocycles. The molecule has 2 heterocycles. The van der Waals surface area contributed by atoms with Gasteiger partial charge in [-0.05, 0) is 30.3 Å². The van der Waals surface area contributed by atoms with Crippen LogP contribution in [0.3, 0.4) is 0 Å². The topological polar surface area (TPSA) is 133 Å². The molecule has 0 amide bonds. The van der Waals surface area contributed by atoms with Crippen molar-refractivity contribution in [3.05, 3.63) is 36.5 Å². The number of aromatic nitrogens is 2. The Bertz CT molecular complexity index is 1130. The first-order valence-corrected chi connectivity index (χ1v) is 10.0. The molecular formula is C14H13N3O5S2. The number of hydrogen-bond acceptors (Lipinski definition) is 7. The van der Waals surface area contributed by atoms with Crippen molar-refractivity contribution in [3.8, 4) is 11.6 Å². The number of nitrogens with two attached hydrogens (primary N) is 1. The molecule has 10 heteroatoms. The standard InChI is InChI=1S/C14H13N3O5S2/c1-2-23(18,19)12-4-3-7-16-13(12)14-17-10-8-9(24(15,20)21)5-6-11(10)22-14/h3-8H,2H2,1H3,(H2,15,20,21). The third-order valence-corrected chi connectivity index (χ3v) is 6.05. The van der Waals surface area contributed by atoms with Crippen LogP contribution in [0.1, 0.15) is 6.92 Å². The van der Waals surface area contributed by atoms with E-state index < -0.39 is 19.9 Å². The van der Waals surface area contributed by atoms with Crippen molar-refractivity contribution < 1.29 is 21.3 Å². The zero-order valence-corrected chi connectivity index (χ0v) is 14.1. The molecule has 2 aromatic heterocycles. The van der Waals surface area contributed by atoms with Gasteiger partial charge in [-0.2, -0.15) is 0 Å². The van der Waals surface area contributed by atoms with Crippen molar-refractivity contribution in [1.82, 2.24) is 9.97 Å². The number of sulfonamides is 1. The summed E-state index contributed by atoms with van der Waals surface area (Å²) in [5.41, 5.74) is 0.609. The number of benzene rings is 1. The molecular weight excluding hydrogens is 354 g/mol. The number of oxazole rings is 1. The Morgan fingerprint density at radius 1 is 1.17 bits per heavy atom. The van der Waals surface area contributed by atoms with Gasteiger partial charge in [0.25, 0.3) is 0 Å². The Hall–Kier alpha value is -2.30. The smallest absolute Gasteiger partial charge is 0.247 e. The lowest BCUT2D eigenvalue weighted by Crippen LogP contribution is -2.11. The Morgan fingerprint density at radius 2 is 1.92 bits per heavy atom. The average Bonchev–Trinajstić information content (AvgIpc) is 2.97. The van der Waals surface area contributed by atoms with E-state index in [-0.39, 0.29) is 32.6 Å². The van der Waals surface area contributed by atoms with Crippen molar-refractivity contribution in [1.29, 1.82) is 0 Å². The molecule has 0 saturated heterocycles. The molecule has 1 aromatic carbocycles. The maximum Gasteiger partial charge on any atom is 0.247 e. The van der Waals surface area contributed by atoms with E-state index in [9.17, 15) is 16.8 Å². The van der Waals surface area contributed by atoms with Crippen LogP contribution in [0, 0.1) is 0 Å². The van der Waals surface area contributed by atoms with E-state index >= 15 is 0 Å². The summed E-state index contributed by atoms with van der Waals surface area (Å²) < 4.78 is 52.7. The van der Waals surface area contributed by atoms with Crippen molar-refractivity contribution in [2.45, 2.75) is 16.7 Å².